The van der Waals surface area contributed by atoms with Crippen molar-refractivity contribution < 1.29 is 0 Å². The number of aromatic nitrogens is 1. The normalized spacial score (nSPS) is 10.9. The van der Waals surface area contributed by atoms with Crippen molar-refractivity contribution in [3.05, 3.63) is 57.6 Å². The number of benzene rings is 2. The Bertz CT molecular complexity index is 790. The number of hydrogen-bond donors (Lipinski definition) is 1. The van der Waals surface area contributed by atoms with Crippen molar-refractivity contribution in [1.82, 2.24) is 4.98 Å². The Balaban J connectivity index is 2.10. The lowest BCUT2D eigenvalue weighted by Gasteiger charge is -2.08. The van der Waals surface area contributed by atoms with Gasteiger partial charge in [-0.2, -0.15) is 0 Å². The zero-order valence-corrected chi connectivity index (χ0v) is 14.3. The maximum atomic E-state index is 6.03. The Morgan fingerprint density at radius 2 is 1.85 bits per heavy atom. The fourth-order valence-corrected chi connectivity index (χ4v) is 3.79. The first-order valence-electron chi connectivity index (χ1n) is 5.90. The molecule has 1 aromatic heterocycles. The molecule has 0 fully saturated rings. The van der Waals surface area contributed by atoms with E-state index in [1.165, 1.54) is 0 Å². The van der Waals surface area contributed by atoms with Crippen molar-refractivity contribution in [3.8, 4) is 0 Å². The van der Waals surface area contributed by atoms with E-state index in [4.69, 9.17) is 5.73 Å². The number of fused-ring (bicyclic) bond motifs is 1. The van der Waals surface area contributed by atoms with Gasteiger partial charge in [-0.25, -0.2) is 0 Å². The predicted molar refractivity (Wildman–Crippen MR) is 92.1 cm³/mol. The van der Waals surface area contributed by atoms with E-state index in [1.54, 1.807) is 18.0 Å². The van der Waals surface area contributed by atoms with Crippen LogP contribution < -0.4 is 5.73 Å². The fraction of sp³-hybridized carbons (Fsp3) is 0. The molecule has 0 radical (unpaired) electrons. The van der Waals surface area contributed by atoms with Crippen LogP contribution in [0.5, 0.6) is 0 Å². The molecule has 0 spiro atoms. The van der Waals surface area contributed by atoms with Crippen LogP contribution in [-0.2, 0) is 0 Å². The first-order valence-corrected chi connectivity index (χ1v) is 8.31. The minimum atomic E-state index is 0.743. The average molecular weight is 410 g/mol. The molecule has 0 atom stereocenters. The van der Waals surface area contributed by atoms with Gasteiger partial charge in [-0.3, -0.25) is 4.98 Å². The molecule has 20 heavy (non-hydrogen) atoms. The average Bonchev–Trinajstić information content (AvgIpc) is 2.42. The lowest BCUT2D eigenvalue weighted by molar-refractivity contribution is 1.33. The van der Waals surface area contributed by atoms with Crippen molar-refractivity contribution in [2.24, 2.45) is 0 Å². The molecule has 0 unspecified atom stereocenters. The highest BCUT2D eigenvalue weighted by Crippen LogP contribution is 2.36. The van der Waals surface area contributed by atoms with E-state index < -0.39 is 0 Å². The van der Waals surface area contributed by atoms with Crippen molar-refractivity contribution in [1.29, 1.82) is 0 Å². The maximum Gasteiger partial charge on any atom is 0.0862 e. The zero-order valence-electron chi connectivity index (χ0n) is 10.3. The molecule has 0 aliphatic carbocycles. The number of rotatable bonds is 2. The molecule has 2 aromatic carbocycles. The molecule has 1 heterocycles. The van der Waals surface area contributed by atoms with Gasteiger partial charge in [0.05, 0.1) is 5.52 Å². The molecule has 0 aliphatic heterocycles. The number of halogens is 2. The third kappa shape index (κ3) is 2.85. The summed E-state index contributed by atoms with van der Waals surface area (Å²) in [6, 6.07) is 14.2. The molecule has 3 aromatic rings. The summed E-state index contributed by atoms with van der Waals surface area (Å²) in [7, 11) is 0. The second kappa shape index (κ2) is 5.76. The van der Waals surface area contributed by atoms with E-state index in [1.807, 2.05) is 30.3 Å². The van der Waals surface area contributed by atoms with Gasteiger partial charge in [0.1, 0.15) is 0 Å². The first kappa shape index (κ1) is 13.9. The third-order valence-corrected chi connectivity index (χ3v) is 4.80. The molecule has 0 aliphatic rings. The summed E-state index contributed by atoms with van der Waals surface area (Å²) >= 11 is 8.61. The molecular formula is C15H10Br2N2S. The molecule has 100 valence electrons. The third-order valence-electron chi connectivity index (χ3n) is 2.84. The number of hydrogen-bond acceptors (Lipinski definition) is 3. The number of pyridine rings is 1. The van der Waals surface area contributed by atoms with Gasteiger partial charge >= 0.3 is 0 Å². The molecule has 0 saturated heterocycles. The van der Waals surface area contributed by atoms with Crippen LogP contribution >= 0.6 is 43.6 Å². The number of nitrogens with zero attached hydrogens (tertiary/aromatic N) is 1. The minimum absolute atomic E-state index is 0.743. The van der Waals surface area contributed by atoms with E-state index in [-0.39, 0.29) is 0 Å². The van der Waals surface area contributed by atoms with Crippen LogP contribution in [0.3, 0.4) is 0 Å². The smallest absolute Gasteiger partial charge is 0.0862 e. The summed E-state index contributed by atoms with van der Waals surface area (Å²) in [4.78, 5) is 6.76. The van der Waals surface area contributed by atoms with Gasteiger partial charge in [-0.1, -0.05) is 33.8 Å². The monoisotopic (exact) mass is 408 g/mol. The molecule has 0 bridgehead atoms. The highest BCUT2D eigenvalue weighted by Gasteiger charge is 2.08. The second-order valence-electron chi connectivity index (χ2n) is 4.26. The number of anilines is 1. The fourth-order valence-electron chi connectivity index (χ4n) is 1.93. The molecule has 2 N–H and O–H groups in total. The van der Waals surface area contributed by atoms with E-state index in [2.05, 4.69) is 49.0 Å². The summed E-state index contributed by atoms with van der Waals surface area (Å²) < 4.78 is 2.00. The Morgan fingerprint density at radius 1 is 1.00 bits per heavy atom. The summed E-state index contributed by atoms with van der Waals surface area (Å²) in [5.41, 5.74) is 7.71. The van der Waals surface area contributed by atoms with E-state index >= 15 is 0 Å². The van der Waals surface area contributed by atoms with Gasteiger partial charge in [0.25, 0.3) is 0 Å². The Labute approximate surface area is 138 Å². The summed E-state index contributed by atoms with van der Waals surface area (Å²) in [5.74, 6) is 0. The maximum absolute atomic E-state index is 6.03. The van der Waals surface area contributed by atoms with Crippen LogP contribution in [0.25, 0.3) is 10.9 Å². The second-order valence-corrected chi connectivity index (χ2v) is 7.21. The number of nitrogen functional groups attached to an aromatic ring is 1. The van der Waals surface area contributed by atoms with Crippen LogP contribution in [0.15, 0.2) is 67.4 Å². The molecule has 5 heteroatoms. The first-order chi connectivity index (χ1) is 9.63. The van der Waals surface area contributed by atoms with Crippen molar-refractivity contribution in [2.75, 3.05) is 5.73 Å². The molecular weight excluding hydrogens is 400 g/mol. The topological polar surface area (TPSA) is 38.9 Å². The van der Waals surface area contributed by atoms with Crippen molar-refractivity contribution >= 4 is 60.2 Å². The van der Waals surface area contributed by atoms with Gasteiger partial charge in [-0.15, -0.1) is 0 Å². The van der Waals surface area contributed by atoms with E-state index in [0.717, 1.165) is 35.3 Å². The van der Waals surface area contributed by atoms with Gasteiger partial charge in [0, 0.05) is 36.0 Å². The van der Waals surface area contributed by atoms with Gasteiger partial charge in [-0.05, 0) is 52.3 Å². The van der Waals surface area contributed by atoms with Crippen LogP contribution in [0.1, 0.15) is 0 Å². The van der Waals surface area contributed by atoms with E-state index in [0.29, 0.717) is 0 Å². The predicted octanol–water partition coefficient (Wildman–Crippen LogP) is 5.49. The van der Waals surface area contributed by atoms with Crippen LogP contribution in [0.2, 0.25) is 0 Å². The summed E-state index contributed by atoms with van der Waals surface area (Å²) in [6.45, 7) is 0. The quantitative estimate of drug-likeness (QED) is 0.568. The highest BCUT2D eigenvalue weighted by molar-refractivity contribution is 9.10. The van der Waals surface area contributed by atoms with Crippen LogP contribution in [0.4, 0.5) is 5.69 Å². The Kier molecular flexibility index (Phi) is 4.01. The van der Waals surface area contributed by atoms with Gasteiger partial charge in [0.2, 0.25) is 0 Å². The molecule has 2 nitrogen and oxygen atoms in total. The lowest BCUT2D eigenvalue weighted by atomic mass is 10.2. The standard InChI is InChI=1S/C15H10Br2N2S/c16-9-2-1-3-11(6-9)20-14-5-4-13(18)12-7-10(17)8-19-15(12)14/h1-8H,18H2. The van der Waals surface area contributed by atoms with Gasteiger partial charge in [0.15, 0.2) is 0 Å². The van der Waals surface area contributed by atoms with Crippen molar-refractivity contribution in [3.63, 3.8) is 0 Å². The Hall–Kier alpha value is -1.04. The molecule has 3 rings (SSSR count). The Morgan fingerprint density at radius 3 is 2.65 bits per heavy atom. The summed E-state index contributed by atoms with van der Waals surface area (Å²) in [5, 5.41) is 0.972. The zero-order chi connectivity index (χ0) is 14.1. The summed E-state index contributed by atoms with van der Waals surface area (Å²) in [6.07, 6.45) is 1.80. The molecule has 0 saturated carbocycles. The van der Waals surface area contributed by atoms with Crippen LogP contribution in [-0.4, -0.2) is 4.98 Å². The van der Waals surface area contributed by atoms with Crippen molar-refractivity contribution in [2.45, 2.75) is 9.79 Å². The molecule has 0 amide bonds. The SMILES string of the molecule is Nc1ccc(Sc2cccc(Br)c2)c2ncc(Br)cc12. The number of nitrogens with two attached hydrogens (primary N) is 1. The van der Waals surface area contributed by atoms with Crippen LogP contribution in [0, 0.1) is 0 Å². The lowest BCUT2D eigenvalue weighted by Crippen LogP contribution is -1.90. The highest BCUT2D eigenvalue weighted by atomic mass is 79.9. The van der Waals surface area contributed by atoms with Gasteiger partial charge < -0.3 is 5.73 Å². The minimum Gasteiger partial charge on any atom is -0.398 e. The largest absolute Gasteiger partial charge is 0.398 e. The van der Waals surface area contributed by atoms with E-state index in [9.17, 15) is 0 Å².